The molecular weight excluding hydrogens is 456 g/mol. The van der Waals surface area contributed by atoms with Gasteiger partial charge in [-0.15, -0.1) is 0 Å². The monoisotopic (exact) mass is 498 g/mol. The Morgan fingerprint density at radius 3 is 1.39 bits per heavy atom. The van der Waals surface area contributed by atoms with Gasteiger partial charge in [0.05, 0.1) is 85.9 Å². The van der Waals surface area contributed by atoms with Gasteiger partial charge in [-0.25, -0.2) is 4.79 Å². The van der Waals surface area contributed by atoms with Crippen LogP contribution >= 0.6 is 0 Å². The number of hydrogen-bond acceptors (Lipinski definition) is 11. The lowest BCUT2D eigenvalue weighted by atomic mass is 10.5. The molecule has 0 spiro atoms. The van der Waals surface area contributed by atoms with E-state index >= 15 is 0 Å². The van der Waals surface area contributed by atoms with Gasteiger partial charge in [-0.3, -0.25) is 0 Å². The standard InChI is InChI=1S/C21H42O11Si/c1-5-21(22)29-7-6-20-33(30-17-14-26-11-8-23-2,31-18-15-27-12-9-24-3)32-19-16-28-13-10-25-4/h5H,1,6-20H2,2-4H3. The molecule has 0 N–H and O–H groups in total. The minimum Gasteiger partial charge on any atom is -0.463 e. The van der Waals surface area contributed by atoms with Crippen LogP contribution < -0.4 is 0 Å². The summed E-state index contributed by atoms with van der Waals surface area (Å²) in [5.74, 6) is -0.477. The quantitative estimate of drug-likeness (QED) is 0.0739. The van der Waals surface area contributed by atoms with Crippen LogP contribution in [0.2, 0.25) is 6.04 Å². The maximum atomic E-state index is 11.3. The number of ether oxygens (including phenoxy) is 7. The van der Waals surface area contributed by atoms with E-state index in [1.165, 1.54) is 0 Å². The molecule has 0 aliphatic heterocycles. The van der Waals surface area contributed by atoms with Gasteiger partial charge in [0, 0.05) is 33.4 Å². The van der Waals surface area contributed by atoms with Crippen molar-refractivity contribution >= 4 is 14.8 Å². The Hall–Kier alpha value is -0.933. The molecule has 0 unspecified atom stereocenters. The van der Waals surface area contributed by atoms with Crippen LogP contribution in [0.3, 0.4) is 0 Å². The van der Waals surface area contributed by atoms with Gasteiger partial charge in [0.2, 0.25) is 0 Å². The molecule has 0 saturated heterocycles. The van der Waals surface area contributed by atoms with Gasteiger partial charge in [-0.1, -0.05) is 6.58 Å². The van der Waals surface area contributed by atoms with Gasteiger partial charge in [0.15, 0.2) is 0 Å². The highest BCUT2D eigenvalue weighted by Crippen LogP contribution is 2.19. The van der Waals surface area contributed by atoms with Gasteiger partial charge >= 0.3 is 14.8 Å². The Morgan fingerprint density at radius 1 is 0.636 bits per heavy atom. The van der Waals surface area contributed by atoms with Crippen LogP contribution in [-0.4, -0.2) is 122 Å². The van der Waals surface area contributed by atoms with Crippen molar-refractivity contribution in [3.8, 4) is 0 Å². The van der Waals surface area contributed by atoms with Crippen molar-refractivity contribution < 1.29 is 51.2 Å². The third-order valence-electron chi connectivity index (χ3n) is 3.98. The van der Waals surface area contributed by atoms with Crippen molar-refractivity contribution in [2.75, 3.05) is 107 Å². The molecule has 0 radical (unpaired) electrons. The van der Waals surface area contributed by atoms with Crippen LogP contribution in [0, 0.1) is 0 Å². The van der Waals surface area contributed by atoms with Crippen molar-refractivity contribution in [1.29, 1.82) is 0 Å². The normalized spacial score (nSPS) is 11.6. The lowest BCUT2D eigenvalue weighted by molar-refractivity contribution is -0.137. The summed E-state index contributed by atoms with van der Waals surface area (Å²) in [4.78, 5) is 11.3. The first-order chi connectivity index (χ1) is 16.1. The molecule has 0 atom stereocenters. The predicted molar refractivity (Wildman–Crippen MR) is 122 cm³/mol. The van der Waals surface area contributed by atoms with E-state index < -0.39 is 14.8 Å². The maximum Gasteiger partial charge on any atom is 0.501 e. The van der Waals surface area contributed by atoms with Crippen molar-refractivity contribution in [2.24, 2.45) is 0 Å². The summed E-state index contributed by atoms with van der Waals surface area (Å²) < 4.78 is 54.8. The summed E-state index contributed by atoms with van der Waals surface area (Å²) in [6.45, 7) is 8.47. The molecule has 0 aliphatic carbocycles. The zero-order chi connectivity index (χ0) is 24.5. The van der Waals surface area contributed by atoms with Crippen molar-refractivity contribution in [3.63, 3.8) is 0 Å². The molecule has 0 bridgehead atoms. The van der Waals surface area contributed by atoms with Crippen LogP contribution in [0.5, 0.6) is 0 Å². The molecule has 196 valence electrons. The summed E-state index contributed by atoms with van der Waals surface area (Å²) in [5, 5.41) is 0. The summed E-state index contributed by atoms with van der Waals surface area (Å²) in [6.07, 6.45) is 1.63. The maximum absolute atomic E-state index is 11.3. The number of rotatable bonds is 26. The largest absolute Gasteiger partial charge is 0.501 e. The third-order valence-corrected chi connectivity index (χ3v) is 6.88. The lowest BCUT2D eigenvalue weighted by Crippen LogP contribution is -2.48. The second-order valence-electron chi connectivity index (χ2n) is 6.52. The molecule has 11 nitrogen and oxygen atoms in total. The van der Waals surface area contributed by atoms with E-state index in [2.05, 4.69) is 6.58 Å². The topological polar surface area (TPSA) is 109 Å². The Kier molecular flexibility index (Phi) is 23.5. The van der Waals surface area contributed by atoms with Crippen molar-refractivity contribution in [1.82, 2.24) is 0 Å². The molecule has 0 aromatic heterocycles. The molecule has 0 aromatic rings. The Bertz CT molecular complexity index is 413. The summed E-state index contributed by atoms with van der Waals surface area (Å²) in [6, 6.07) is 0.450. The van der Waals surface area contributed by atoms with E-state index in [9.17, 15) is 4.79 Å². The summed E-state index contributed by atoms with van der Waals surface area (Å²) in [7, 11) is 1.71. The van der Waals surface area contributed by atoms with Gasteiger partial charge in [0.1, 0.15) is 0 Å². The Morgan fingerprint density at radius 2 is 1.03 bits per heavy atom. The van der Waals surface area contributed by atoms with Crippen LogP contribution in [0.15, 0.2) is 12.7 Å². The average molecular weight is 499 g/mol. The van der Waals surface area contributed by atoms with Gasteiger partial charge in [-0.05, 0) is 6.42 Å². The highest BCUT2D eigenvalue weighted by atomic mass is 28.4. The van der Waals surface area contributed by atoms with Crippen LogP contribution in [0.1, 0.15) is 6.42 Å². The first-order valence-electron chi connectivity index (χ1n) is 11.0. The van der Waals surface area contributed by atoms with E-state index in [-0.39, 0.29) is 26.4 Å². The molecular formula is C21H42O11Si. The third kappa shape index (κ3) is 20.2. The van der Waals surface area contributed by atoms with Crippen LogP contribution in [0.25, 0.3) is 0 Å². The molecule has 0 saturated carbocycles. The number of carbonyl (C=O) groups excluding carboxylic acids is 1. The number of carbonyl (C=O) groups is 1. The molecule has 0 aliphatic rings. The predicted octanol–water partition coefficient (Wildman–Crippen LogP) is 1.08. The highest BCUT2D eigenvalue weighted by molar-refractivity contribution is 6.60. The first kappa shape index (κ1) is 32.1. The summed E-state index contributed by atoms with van der Waals surface area (Å²) >= 11 is 0. The SMILES string of the molecule is C=CC(=O)OCCC[Si](OCCOCCOC)(OCCOCCOC)OCCOCCOC. The number of esters is 1. The van der Waals surface area contributed by atoms with Crippen molar-refractivity contribution in [2.45, 2.75) is 12.5 Å². The Labute approximate surface area is 198 Å². The number of methoxy groups -OCH3 is 3. The molecule has 0 aromatic carbocycles. The first-order valence-corrected chi connectivity index (χ1v) is 13.0. The minimum atomic E-state index is -3.13. The fourth-order valence-corrected chi connectivity index (χ4v) is 4.81. The highest BCUT2D eigenvalue weighted by Gasteiger charge is 2.41. The van der Waals surface area contributed by atoms with E-state index in [0.717, 1.165) is 6.08 Å². The molecule has 12 heteroatoms. The van der Waals surface area contributed by atoms with Gasteiger partial charge < -0.3 is 46.4 Å². The van der Waals surface area contributed by atoms with Crippen LogP contribution in [-0.2, 0) is 51.2 Å². The molecule has 33 heavy (non-hydrogen) atoms. The molecule has 0 fully saturated rings. The molecule has 0 rings (SSSR count). The van der Waals surface area contributed by atoms with E-state index in [1.807, 2.05) is 0 Å². The van der Waals surface area contributed by atoms with Gasteiger partial charge in [0.25, 0.3) is 0 Å². The fraction of sp³-hybridized carbons (Fsp3) is 0.857. The molecule has 0 heterocycles. The minimum absolute atomic E-state index is 0.203. The number of hydrogen-bond donors (Lipinski definition) is 0. The lowest BCUT2D eigenvalue weighted by Gasteiger charge is -2.30. The van der Waals surface area contributed by atoms with Gasteiger partial charge in [-0.2, -0.15) is 0 Å². The summed E-state index contributed by atoms with van der Waals surface area (Å²) in [5.41, 5.74) is 0. The van der Waals surface area contributed by atoms with E-state index in [4.69, 9.17) is 46.4 Å². The second kappa shape index (κ2) is 24.2. The average Bonchev–Trinajstić information content (AvgIpc) is 2.83. The smallest absolute Gasteiger partial charge is 0.463 e. The second-order valence-corrected chi connectivity index (χ2v) is 9.25. The zero-order valence-electron chi connectivity index (χ0n) is 20.4. The Balaban J connectivity index is 4.84. The fourth-order valence-electron chi connectivity index (χ4n) is 2.36. The zero-order valence-corrected chi connectivity index (χ0v) is 21.4. The van der Waals surface area contributed by atoms with Crippen LogP contribution in [0.4, 0.5) is 0 Å². The molecule has 0 amide bonds. The van der Waals surface area contributed by atoms with Crippen molar-refractivity contribution in [3.05, 3.63) is 12.7 Å². The van der Waals surface area contributed by atoms with E-state index in [1.54, 1.807) is 21.3 Å². The van der Waals surface area contributed by atoms with E-state index in [0.29, 0.717) is 71.9 Å².